The van der Waals surface area contributed by atoms with E-state index in [9.17, 15) is 14.9 Å². The maximum atomic E-state index is 12.8. The number of fused-ring (bicyclic) bond motifs is 3. The van der Waals surface area contributed by atoms with Crippen LogP contribution in [0.2, 0.25) is 0 Å². The molecular formula is C27H28N2O9. The van der Waals surface area contributed by atoms with Crippen LogP contribution in [0.25, 0.3) is 5.57 Å². The first-order valence-electron chi connectivity index (χ1n) is 11.7. The molecule has 1 atom stereocenters. The summed E-state index contributed by atoms with van der Waals surface area (Å²) >= 11 is 0. The quantitative estimate of drug-likeness (QED) is 0.388. The Labute approximate surface area is 219 Å². The minimum atomic E-state index is -0.647. The van der Waals surface area contributed by atoms with Crippen molar-refractivity contribution < 1.29 is 38.1 Å². The van der Waals surface area contributed by atoms with Crippen molar-refractivity contribution in [2.75, 3.05) is 28.4 Å². The van der Waals surface area contributed by atoms with Crippen LogP contribution in [0.5, 0.6) is 17.2 Å². The number of rotatable bonds is 8. The van der Waals surface area contributed by atoms with Gasteiger partial charge in [-0.05, 0) is 53.8 Å². The predicted molar refractivity (Wildman–Crippen MR) is 137 cm³/mol. The molecule has 2 aliphatic rings. The summed E-state index contributed by atoms with van der Waals surface area (Å²) in [6.45, 7) is -0.0490. The number of non-ortho nitro benzene ring substituents is 1. The molecule has 2 aromatic carbocycles. The van der Waals surface area contributed by atoms with E-state index in [4.69, 9.17) is 28.4 Å². The van der Waals surface area contributed by atoms with Crippen LogP contribution in [-0.4, -0.2) is 45.5 Å². The van der Waals surface area contributed by atoms with Crippen molar-refractivity contribution >= 4 is 17.4 Å². The summed E-state index contributed by atoms with van der Waals surface area (Å²) in [6.07, 6.45) is 5.52. The van der Waals surface area contributed by atoms with Crippen molar-refractivity contribution in [3.8, 4) is 17.2 Å². The molecule has 1 amide bonds. The number of aryl methyl sites for hydroxylation is 1. The monoisotopic (exact) mass is 524 g/mol. The van der Waals surface area contributed by atoms with Gasteiger partial charge in [-0.1, -0.05) is 0 Å². The van der Waals surface area contributed by atoms with Crippen molar-refractivity contribution in [2.45, 2.75) is 25.5 Å². The van der Waals surface area contributed by atoms with E-state index in [0.29, 0.717) is 41.2 Å². The zero-order chi connectivity index (χ0) is 27.2. The van der Waals surface area contributed by atoms with Gasteiger partial charge in [0.05, 0.1) is 39.4 Å². The largest absolute Gasteiger partial charge is 0.493 e. The minimum absolute atomic E-state index is 0.0384. The molecule has 1 aliphatic carbocycles. The summed E-state index contributed by atoms with van der Waals surface area (Å²) in [7, 11) is 6.15. The lowest BCUT2D eigenvalue weighted by molar-refractivity contribution is -0.384. The van der Waals surface area contributed by atoms with E-state index in [1.807, 2.05) is 12.1 Å². The Hall–Kier alpha value is -4.67. The van der Waals surface area contributed by atoms with Gasteiger partial charge in [0.1, 0.15) is 12.9 Å². The van der Waals surface area contributed by atoms with Crippen molar-refractivity contribution in [3.63, 3.8) is 0 Å². The fourth-order valence-electron chi connectivity index (χ4n) is 4.44. The van der Waals surface area contributed by atoms with Gasteiger partial charge in [0.15, 0.2) is 11.5 Å². The fraction of sp³-hybridized carbons (Fsp3) is 0.296. The SMILES string of the molecule is COC1=CC=C2C(=CO1)C(NC(=O)OCc1ccc([N+](=O)[O-])cc1)CCc1cc(OC)c(OC)c(OC)c12. The van der Waals surface area contributed by atoms with Gasteiger partial charge in [-0.3, -0.25) is 10.1 Å². The third-order valence-electron chi connectivity index (χ3n) is 6.27. The van der Waals surface area contributed by atoms with Gasteiger partial charge in [-0.2, -0.15) is 0 Å². The Kier molecular flexibility index (Phi) is 8.05. The maximum absolute atomic E-state index is 12.8. The number of hydrogen-bond donors (Lipinski definition) is 1. The van der Waals surface area contributed by atoms with E-state index >= 15 is 0 Å². The van der Waals surface area contributed by atoms with Crippen LogP contribution in [0.15, 0.2) is 60.3 Å². The number of nitrogens with one attached hydrogen (secondary N) is 1. The van der Waals surface area contributed by atoms with E-state index in [1.165, 1.54) is 19.2 Å². The topological polar surface area (TPSA) is 128 Å². The molecule has 0 spiro atoms. The molecule has 1 N–H and O–H groups in total. The Bertz CT molecular complexity index is 1310. The van der Waals surface area contributed by atoms with E-state index in [-0.39, 0.29) is 18.2 Å². The van der Waals surface area contributed by atoms with Gasteiger partial charge in [-0.25, -0.2) is 4.79 Å². The normalized spacial score (nSPS) is 16.0. The summed E-state index contributed by atoms with van der Waals surface area (Å²) in [5.74, 6) is 1.75. The first-order valence-corrected chi connectivity index (χ1v) is 11.7. The summed E-state index contributed by atoms with van der Waals surface area (Å²) in [6, 6.07) is 7.23. The lowest BCUT2D eigenvalue weighted by Gasteiger charge is -2.22. The molecule has 200 valence electrons. The van der Waals surface area contributed by atoms with Crippen LogP contribution in [0.4, 0.5) is 10.5 Å². The molecule has 11 nitrogen and oxygen atoms in total. The summed E-state index contributed by atoms with van der Waals surface area (Å²) in [4.78, 5) is 23.2. The lowest BCUT2D eigenvalue weighted by Crippen LogP contribution is -2.36. The number of amides is 1. The van der Waals surface area contributed by atoms with E-state index in [1.54, 1.807) is 45.8 Å². The van der Waals surface area contributed by atoms with Crippen molar-refractivity contribution in [1.29, 1.82) is 0 Å². The molecule has 11 heteroatoms. The van der Waals surface area contributed by atoms with Crippen molar-refractivity contribution in [2.24, 2.45) is 0 Å². The predicted octanol–water partition coefficient (Wildman–Crippen LogP) is 4.65. The highest BCUT2D eigenvalue weighted by atomic mass is 16.7. The Morgan fingerprint density at radius 3 is 2.42 bits per heavy atom. The molecule has 4 rings (SSSR count). The molecule has 0 saturated carbocycles. The first kappa shape index (κ1) is 26.4. The number of nitrogens with zero attached hydrogens (tertiary/aromatic N) is 1. The molecule has 1 unspecified atom stereocenters. The van der Waals surface area contributed by atoms with Crippen molar-refractivity contribution in [3.05, 3.63) is 87.1 Å². The average molecular weight is 525 g/mol. The highest BCUT2D eigenvalue weighted by Gasteiger charge is 2.33. The minimum Gasteiger partial charge on any atom is -0.493 e. The number of carbonyl (C=O) groups is 1. The van der Waals surface area contributed by atoms with Crippen molar-refractivity contribution in [1.82, 2.24) is 5.32 Å². The summed E-state index contributed by atoms with van der Waals surface area (Å²) < 4.78 is 33.3. The second-order valence-corrected chi connectivity index (χ2v) is 8.38. The van der Waals surface area contributed by atoms with Crippen LogP contribution < -0.4 is 19.5 Å². The molecule has 1 aliphatic heterocycles. The average Bonchev–Trinajstić information content (AvgIpc) is 3.23. The number of ether oxygens (including phenoxy) is 6. The number of methoxy groups -OCH3 is 4. The second kappa shape index (κ2) is 11.6. The molecule has 1 heterocycles. The maximum Gasteiger partial charge on any atom is 0.407 e. The molecule has 2 aromatic rings. The van der Waals surface area contributed by atoms with Gasteiger partial charge in [-0.15, -0.1) is 0 Å². The smallest absolute Gasteiger partial charge is 0.407 e. The summed E-state index contributed by atoms with van der Waals surface area (Å²) in [5, 5.41) is 13.8. The van der Waals surface area contributed by atoms with Crippen LogP contribution >= 0.6 is 0 Å². The summed E-state index contributed by atoms with van der Waals surface area (Å²) in [5.41, 5.74) is 3.75. The molecular weight excluding hydrogens is 496 g/mol. The standard InChI is InChI=1S/C27H28N2O9/c1-33-22-13-17-7-11-21(28-27(30)38-14-16-5-8-18(9-6-16)29(31)32)20-15-37-23(34-2)12-10-19(20)24(17)26(36-4)25(22)35-3/h5-6,8-10,12-13,15,21H,7,11,14H2,1-4H3,(H,28,30). The van der Waals surface area contributed by atoms with Crippen LogP contribution in [-0.2, 0) is 27.2 Å². The number of nitro groups is 1. The number of benzene rings is 2. The Balaban J connectivity index is 1.63. The van der Waals surface area contributed by atoms with E-state index in [2.05, 4.69) is 5.32 Å². The van der Waals surface area contributed by atoms with Gasteiger partial charge < -0.3 is 33.7 Å². The number of nitro benzene ring substituents is 1. The van der Waals surface area contributed by atoms with Gasteiger partial charge in [0.2, 0.25) is 5.75 Å². The molecule has 0 radical (unpaired) electrons. The zero-order valence-corrected chi connectivity index (χ0v) is 21.4. The highest BCUT2D eigenvalue weighted by molar-refractivity contribution is 5.89. The first-order chi connectivity index (χ1) is 18.4. The Morgan fingerprint density at radius 1 is 1.05 bits per heavy atom. The molecule has 0 aromatic heterocycles. The fourth-order valence-corrected chi connectivity index (χ4v) is 4.44. The van der Waals surface area contributed by atoms with E-state index < -0.39 is 17.1 Å². The third kappa shape index (κ3) is 5.36. The third-order valence-corrected chi connectivity index (χ3v) is 6.27. The second-order valence-electron chi connectivity index (χ2n) is 8.38. The highest BCUT2D eigenvalue weighted by Crippen LogP contribution is 2.49. The molecule has 0 bridgehead atoms. The molecule has 38 heavy (non-hydrogen) atoms. The van der Waals surface area contributed by atoms with Crippen LogP contribution in [0, 0.1) is 10.1 Å². The number of alkyl carbamates (subject to hydrolysis) is 1. The van der Waals surface area contributed by atoms with Gasteiger partial charge in [0.25, 0.3) is 11.6 Å². The number of carbonyl (C=O) groups excluding carboxylic acids is 1. The zero-order valence-electron chi connectivity index (χ0n) is 21.4. The van der Waals surface area contributed by atoms with Crippen LogP contribution in [0.1, 0.15) is 23.1 Å². The van der Waals surface area contributed by atoms with Gasteiger partial charge in [0, 0.05) is 29.3 Å². The lowest BCUT2D eigenvalue weighted by atomic mass is 9.92. The van der Waals surface area contributed by atoms with Crippen LogP contribution in [0.3, 0.4) is 0 Å². The number of allylic oxidation sites excluding steroid dienone is 2. The molecule has 0 fully saturated rings. The number of hydrogen-bond acceptors (Lipinski definition) is 9. The van der Waals surface area contributed by atoms with Gasteiger partial charge >= 0.3 is 6.09 Å². The molecule has 0 saturated heterocycles. The Morgan fingerprint density at radius 2 is 1.79 bits per heavy atom. The van der Waals surface area contributed by atoms with E-state index in [0.717, 1.165) is 16.7 Å².